The van der Waals surface area contributed by atoms with Gasteiger partial charge in [0.1, 0.15) is 5.82 Å². The number of nitrogens with one attached hydrogen (secondary N) is 2. The molecule has 0 radical (unpaired) electrons. The maximum absolute atomic E-state index is 13.1. The summed E-state index contributed by atoms with van der Waals surface area (Å²) in [5.74, 6) is -2.97. The highest BCUT2D eigenvalue weighted by atomic mass is 19.4. The predicted molar refractivity (Wildman–Crippen MR) is 83.6 cm³/mol. The lowest BCUT2D eigenvalue weighted by Crippen LogP contribution is -2.40. The van der Waals surface area contributed by atoms with Gasteiger partial charge in [-0.05, 0) is 35.9 Å². The van der Waals surface area contributed by atoms with Crippen molar-refractivity contribution in [2.24, 2.45) is 0 Å². The van der Waals surface area contributed by atoms with Crippen molar-refractivity contribution in [2.75, 3.05) is 5.32 Å². The number of hydrogen-bond acceptors (Lipinski definition) is 2. The van der Waals surface area contributed by atoms with Gasteiger partial charge in [-0.15, -0.1) is 0 Å². The molecule has 0 aliphatic carbocycles. The van der Waals surface area contributed by atoms with E-state index < -0.39 is 30.0 Å². The van der Waals surface area contributed by atoms with Crippen molar-refractivity contribution in [3.8, 4) is 0 Å². The second kappa shape index (κ2) is 7.94. The lowest BCUT2D eigenvalue weighted by Gasteiger charge is -2.13. The smallest absolute Gasteiger partial charge is 0.349 e. The Morgan fingerprint density at radius 1 is 1.04 bits per heavy atom. The van der Waals surface area contributed by atoms with Crippen LogP contribution < -0.4 is 10.6 Å². The topological polar surface area (TPSA) is 58.2 Å². The van der Waals surface area contributed by atoms with Gasteiger partial charge in [0.05, 0.1) is 0 Å². The maximum Gasteiger partial charge on any atom is 0.428 e. The van der Waals surface area contributed by atoms with Crippen LogP contribution in [0.25, 0.3) is 0 Å². The predicted octanol–water partition coefficient (Wildman–Crippen LogP) is 3.59. The van der Waals surface area contributed by atoms with Gasteiger partial charge in [0.2, 0.25) is 0 Å². The van der Waals surface area contributed by atoms with Crippen molar-refractivity contribution in [3.05, 3.63) is 65.5 Å². The van der Waals surface area contributed by atoms with Gasteiger partial charge in [0, 0.05) is 17.8 Å². The summed E-state index contributed by atoms with van der Waals surface area (Å²) in [5, 5.41) is 4.32. The first-order chi connectivity index (χ1) is 12.2. The Labute approximate surface area is 145 Å². The summed E-state index contributed by atoms with van der Waals surface area (Å²) in [6.07, 6.45) is -8.89. The molecule has 2 aromatic rings. The van der Waals surface area contributed by atoms with E-state index in [1.807, 2.05) is 5.32 Å². The van der Waals surface area contributed by atoms with E-state index in [9.17, 15) is 31.5 Å². The van der Waals surface area contributed by atoms with Crippen LogP contribution in [0, 0.1) is 5.82 Å². The van der Waals surface area contributed by atoms with Crippen molar-refractivity contribution < 1.29 is 31.5 Å². The highest BCUT2D eigenvalue weighted by molar-refractivity contribution is 6.04. The number of benzene rings is 2. The molecule has 0 spiro atoms. The van der Waals surface area contributed by atoms with Crippen molar-refractivity contribution in [1.82, 2.24) is 5.32 Å². The van der Waals surface area contributed by atoms with E-state index >= 15 is 0 Å². The monoisotopic (exact) mass is 372 g/mol. The molecule has 0 bridgehead atoms. The molecule has 2 N–H and O–H groups in total. The van der Waals surface area contributed by atoms with Crippen LogP contribution in [-0.2, 0) is 11.3 Å². The molecule has 0 saturated carbocycles. The zero-order valence-corrected chi connectivity index (χ0v) is 13.1. The minimum Gasteiger partial charge on any atom is -0.349 e. The van der Waals surface area contributed by atoms with E-state index in [0.29, 0.717) is 5.56 Å². The van der Waals surface area contributed by atoms with E-state index in [1.165, 1.54) is 42.5 Å². The molecule has 138 valence electrons. The molecule has 2 rings (SSSR count). The van der Waals surface area contributed by atoms with Crippen LogP contribution in [0.15, 0.2) is 48.5 Å². The molecule has 2 amide bonds. The third-order valence-electron chi connectivity index (χ3n) is 3.26. The van der Waals surface area contributed by atoms with Crippen LogP contribution in [0.4, 0.5) is 27.6 Å². The Balaban J connectivity index is 1.99. The molecule has 4 nitrogen and oxygen atoms in total. The van der Waals surface area contributed by atoms with Crippen LogP contribution in [-0.4, -0.2) is 24.2 Å². The molecule has 0 fully saturated rings. The standard InChI is InChI=1S/C17H13F5N2O2/c18-12-5-2-4-11(8-12)15(25)24-13-6-1-3-10(7-13)9-23-16(26)14(19)17(20,21)22/h1-8,14H,9H2,(H,23,26)(H,24,25)/t14-/m0/s1. The molecular formula is C17H13F5N2O2. The minimum atomic E-state index is -5.27. The molecule has 0 aliphatic rings. The lowest BCUT2D eigenvalue weighted by molar-refractivity contribution is -0.186. The van der Waals surface area contributed by atoms with Crippen molar-refractivity contribution in [1.29, 1.82) is 0 Å². The van der Waals surface area contributed by atoms with Crippen molar-refractivity contribution in [2.45, 2.75) is 18.9 Å². The van der Waals surface area contributed by atoms with Gasteiger partial charge in [-0.25, -0.2) is 8.78 Å². The summed E-state index contributed by atoms with van der Waals surface area (Å²) in [6.45, 7) is -0.362. The number of carbonyl (C=O) groups is 2. The summed E-state index contributed by atoms with van der Waals surface area (Å²) in [5.41, 5.74) is 0.692. The fourth-order valence-corrected chi connectivity index (χ4v) is 2.02. The largest absolute Gasteiger partial charge is 0.428 e. The molecule has 26 heavy (non-hydrogen) atoms. The number of alkyl halides is 4. The molecular weight excluding hydrogens is 359 g/mol. The second-order valence-corrected chi connectivity index (χ2v) is 5.29. The molecule has 1 atom stereocenters. The van der Waals surface area contributed by atoms with Crippen LogP contribution in [0.3, 0.4) is 0 Å². The molecule has 0 unspecified atom stereocenters. The normalized spacial score (nSPS) is 12.3. The van der Waals surface area contributed by atoms with Gasteiger partial charge < -0.3 is 10.6 Å². The van der Waals surface area contributed by atoms with Gasteiger partial charge in [-0.2, -0.15) is 13.2 Å². The molecule has 0 saturated heterocycles. The highest BCUT2D eigenvalue weighted by Crippen LogP contribution is 2.23. The molecule has 0 aliphatic heterocycles. The summed E-state index contributed by atoms with van der Waals surface area (Å²) < 4.78 is 62.3. The Kier molecular flexibility index (Phi) is 5.91. The summed E-state index contributed by atoms with van der Waals surface area (Å²) >= 11 is 0. The average molecular weight is 372 g/mol. The Hall–Kier alpha value is -2.97. The van der Waals surface area contributed by atoms with Crippen LogP contribution in [0.5, 0.6) is 0 Å². The Morgan fingerprint density at radius 2 is 1.73 bits per heavy atom. The van der Waals surface area contributed by atoms with E-state index in [1.54, 1.807) is 0 Å². The number of anilines is 1. The number of rotatable bonds is 5. The summed E-state index contributed by atoms with van der Waals surface area (Å²) in [4.78, 5) is 23.2. The fraction of sp³-hybridized carbons (Fsp3) is 0.176. The van der Waals surface area contributed by atoms with Gasteiger partial charge in [-0.3, -0.25) is 9.59 Å². The first kappa shape index (κ1) is 19.4. The first-order valence-electron chi connectivity index (χ1n) is 7.31. The van der Waals surface area contributed by atoms with Crippen molar-refractivity contribution >= 4 is 17.5 Å². The van der Waals surface area contributed by atoms with E-state index in [2.05, 4.69) is 5.32 Å². The van der Waals surface area contributed by atoms with Crippen molar-refractivity contribution in [3.63, 3.8) is 0 Å². The fourth-order valence-electron chi connectivity index (χ4n) is 2.02. The van der Waals surface area contributed by atoms with Crippen LogP contribution in [0.2, 0.25) is 0 Å². The van der Waals surface area contributed by atoms with E-state index in [4.69, 9.17) is 0 Å². The molecule has 0 aromatic heterocycles. The number of amides is 2. The van der Waals surface area contributed by atoms with Crippen LogP contribution in [0.1, 0.15) is 15.9 Å². The third-order valence-corrected chi connectivity index (χ3v) is 3.26. The second-order valence-electron chi connectivity index (χ2n) is 5.29. The highest BCUT2D eigenvalue weighted by Gasteiger charge is 2.45. The number of hydrogen-bond donors (Lipinski definition) is 2. The summed E-state index contributed by atoms with van der Waals surface area (Å²) in [7, 11) is 0. The van der Waals surface area contributed by atoms with Gasteiger partial charge in [0.15, 0.2) is 0 Å². The molecule has 9 heteroatoms. The molecule has 2 aromatic carbocycles. The van der Waals surface area contributed by atoms with Gasteiger partial charge in [-0.1, -0.05) is 18.2 Å². The third kappa shape index (κ3) is 5.27. The minimum absolute atomic E-state index is 0.0779. The zero-order valence-electron chi connectivity index (χ0n) is 13.1. The summed E-state index contributed by atoms with van der Waals surface area (Å²) in [6, 6.07) is 10.8. The maximum atomic E-state index is 13.1. The quantitative estimate of drug-likeness (QED) is 0.788. The Morgan fingerprint density at radius 3 is 2.38 bits per heavy atom. The molecule has 0 heterocycles. The van der Waals surface area contributed by atoms with Gasteiger partial charge in [0.25, 0.3) is 18.0 Å². The van der Waals surface area contributed by atoms with Gasteiger partial charge >= 0.3 is 6.18 Å². The SMILES string of the molecule is O=C(Nc1cccc(CNC(=O)[C@H](F)C(F)(F)F)c1)c1cccc(F)c1. The van der Waals surface area contributed by atoms with Crippen LogP contribution >= 0.6 is 0 Å². The average Bonchev–Trinajstić information content (AvgIpc) is 2.58. The zero-order chi connectivity index (χ0) is 19.3. The van der Waals surface area contributed by atoms with E-state index in [-0.39, 0.29) is 17.8 Å². The number of carbonyl (C=O) groups excluding carboxylic acids is 2. The van der Waals surface area contributed by atoms with E-state index in [0.717, 1.165) is 6.07 Å². The lowest BCUT2D eigenvalue weighted by atomic mass is 10.1. The number of halogens is 5. The Bertz CT molecular complexity index is 808. The first-order valence-corrected chi connectivity index (χ1v) is 7.31.